The molecule has 0 saturated carbocycles. The molecule has 2 unspecified atom stereocenters. The molecule has 78 valence electrons. The van der Waals surface area contributed by atoms with Gasteiger partial charge in [0.2, 0.25) is 0 Å². The third kappa shape index (κ3) is 2.41. The van der Waals surface area contributed by atoms with Crippen LogP contribution >= 0.6 is 35.3 Å². The Balaban J connectivity index is 1.97. The lowest BCUT2D eigenvalue weighted by Crippen LogP contribution is -2.21. The molecule has 2 atom stereocenters. The van der Waals surface area contributed by atoms with E-state index in [-0.39, 0.29) is 0 Å². The Morgan fingerprint density at radius 2 is 2.29 bits per heavy atom. The molecule has 1 N–H and O–H groups in total. The summed E-state index contributed by atoms with van der Waals surface area (Å²) in [5, 5.41) is 10.3. The molecule has 0 aromatic heterocycles. The van der Waals surface area contributed by atoms with Gasteiger partial charge in [0.05, 0.1) is 10.3 Å². The molecular formula is C8H11NO2S3. The first-order valence-corrected chi connectivity index (χ1v) is 7.59. The van der Waals surface area contributed by atoms with Crippen molar-refractivity contribution in [1.29, 1.82) is 0 Å². The van der Waals surface area contributed by atoms with Crippen LogP contribution in [-0.2, 0) is 4.79 Å². The monoisotopic (exact) mass is 249 g/mol. The summed E-state index contributed by atoms with van der Waals surface area (Å²) in [5.41, 5.74) is 0. The summed E-state index contributed by atoms with van der Waals surface area (Å²) in [5.74, 6) is 3.28. The van der Waals surface area contributed by atoms with Gasteiger partial charge in [-0.25, -0.2) is 4.79 Å². The van der Waals surface area contributed by atoms with Crippen LogP contribution in [0.25, 0.3) is 0 Å². The molecule has 0 spiro atoms. The molecule has 6 heteroatoms. The maximum atomic E-state index is 10.7. The van der Waals surface area contributed by atoms with Crippen molar-refractivity contribution in [3.63, 3.8) is 0 Å². The summed E-state index contributed by atoms with van der Waals surface area (Å²) >= 11 is 5.47. The standard InChI is InChI=1S/C8H11NO2S3/c10-8(11)5-3-14-7(9-5)6-4-12-1-2-13-6/h5-6H,1-4H2,(H,10,11). The van der Waals surface area contributed by atoms with Gasteiger partial charge in [0.1, 0.15) is 0 Å². The van der Waals surface area contributed by atoms with Crippen molar-refractivity contribution in [2.75, 3.05) is 23.0 Å². The highest BCUT2D eigenvalue weighted by molar-refractivity contribution is 8.17. The summed E-state index contributed by atoms with van der Waals surface area (Å²) in [6, 6.07) is -0.498. The Hall–Kier alpha value is 0.190. The highest BCUT2D eigenvalue weighted by atomic mass is 32.2. The zero-order valence-corrected chi connectivity index (χ0v) is 9.96. The van der Waals surface area contributed by atoms with Gasteiger partial charge < -0.3 is 5.11 Å². The van der Waals surface area contributed by atoms with Gasteiger partial charge in [-0.1, -0.05) is 0 Å². The van der Waals surface area contributed by atoms with Gasteiger partial charge in [0.25, 0.3) is 0 Å². The molecule has 14 heavy (non-hydrogen) atoms. The average Bonchev–Trinajstić information content (AvgIpc) is 2.68. The fourth-order valence-corrected chi connectivity index (χ4v) is 5.41. The largest absolute Gasteiger partial charge is 0.480 e. The summed E-state index contributed by atoms with van der Waals surface area (Å²) in [4.78, 5) is 15.0. The van der Waals surface area contributed by atoms with Gasteiger partial charge in [0, 0.05) is 23.0 Å². The molecule has 1 saturated heterocycles. The summed E-state index contributed by atoms with van der Waals surface area (Å²) < 4.78 is 0. The van der Waals surface area contributed by atoms with E-state index in [2.05, 4.69) is 4.99 Å². The van der Waals surface area contributed by atoms with Crippen LogP contribution in [0.2, 0.25) is 0 Å². The molecule has 0 aromatic rings. The van der Waals surface area contributed by atoms with Crippen molar-refractivity contribution in [2.24, 2.45) is 4.99 Å². The minimum Gasteiger partial charge on any atom is -0.480 e. The zero-order valence-electron chi connectivity index (χ0n) is 7.51. The smallest absolute Gasteiger partial charge is 0.329 e. The number of carboxylic acid groups (broad SMARTS) is 1. The Labute approximate surface area is 95.5 Å². The number of carboxylic acids is 1. The average molecular weight is 249 g/mol. The highest BCUT2D eigenvalue weighted by Crippen LogP contribution is 2.32. The molecular weight excluding hydrogens is 238 g/mol. The predicted molar refractivity (Wildman–Crippen MR) is 64.9 cm³/mol. The second-order valence-corrected chi connectivity index (χ2v) is 6.57. The first-order chi connectivity index (χ1) is 6.77. The van der Waals surface area contributed by atoms with E-state index in [9.17, 15) is 4.79 Å². The van der Waals surface area contributed by atoms with E-state index in [0.29, 0.717) is 11.0 Å². The summed E-state index contributed by atoms with van der Waals surface area (Å²) in [6.07, 6.45) is 0. The SMILES string of the molecule is O=C(O)C1CSC(C2CSCCS2)=N1. The minimum absolute atomic E-state index is 0.447. The molecule has 1 fully saturated rings. The predicted octanol–water partition coefficient (Wildman–Crippen LogP) is 1.43. The molecule has 2 aliphatic heterocycles. The van der Waals surface area contributed by atoms with E-state index < -0.39 is 12.0 Å². The Morgan fingerprint density at radius 3 is 2.86 bits per heavy atom. The third-order valence-corrected chi connectivity index (χ3v) is 6.13. The molecule has 2 rings (SSSR count). The van der Waals surface area contributed by atoms with Crippen molar-refractivity contribution in [3.05, 3.63) is 0 Å². The molecule has 0 aliphatic carbocycles. The zero-order chi connectivity index (χ0) is 9.97. The van der Waals surface area contributed by atoms with Crippen LogP contribution in [0.1, 0.15) is 0 Å². The first-order valence-electron chi connectivity index (χ1n) is 4.40. The Morgan fingerprint density at radius 1 is 1.43 bits per heavy atom. The lowest BCUT2D eigenvalue weighted by atomic mass is 10.3. The van der Waals surface area contributed by atoms with Crippen LogP contribution in [0, 0.1) is 0 Å². The van der Waals surface area contributed by atoms with E-state index in [1.54, 1.807) is 11.8 Å². The highest BCUT2D eigenvalue weighted by Gasteiger charge is 2.30. The van der Waals surface area contributed by atoms with Crippen molar-refractivity contribution in [3.8, 4) is 0 Å². The van der Waals surface area contributed by atoms with Crippen molar-refractivity contribution < 1.29 is 9.90 Å². The van der Waals surface area contributed by atoms with E-state index >= 15 is 0 Å². The molecule has 3 nitrogen and oxygen atoms in total. The van der Waals surface area contributed by atoms with Crippen molar-refractivity contribution in [1.82, 2.24) is 0 Å². The van der Waals surface area contributed by atoms with Crippen LogP contribution in [0.4, 0.5) is 0 Å². The fourth-order valence-electron chi connectivity index (χ4n) is 1.33. The number of carbonyl (C=O) groups is 1. The second kappa shape index (κ2) is 4.81. The Bertz CT molecular complexity index is 263. The fraction of sp³-hybridized carbons (Fsp3) is 0.750. The van der Waals surface area contributed by atoms with Gasteiger partial charge in [-0.3, -0.25) is 4.99 Å². The topological polar surface area (TPSA) is 49.7 Å². The second-order valence-electron chi connectivity index (χ2n) is 3.07. The van der Waals surface area contributed by atoms with Crippen molar-refractivity contribution in [2.45, 2.75) is 11.3 Å². The Kier molecular flexibility index (Phi) is 3.67. The normalized spacial score (nSPS) is 32.7. The van der Waals surface area contributed by atoms with Gasteiger partial charge in [-0.2, -0.15) is 11.8 Å². The molecule has 0 radical (unpaired) electrons. The third-order valence-electron chi connectivity index (χ3n) is 2.05. The number of aliphatic imine (C=N–C) groups is 1. The maximum absolute atomic E-state index is 10.7. The van der Waals surface area contributed by atoms with E-state index in [1.807, 2.05) is 23.5 Å². The van der Waals surface area contributed by atoms with Gasteiger partial charge in [0.15, 0.2) is 6.04 Å². The van der Waals surface area contributed by atoms with Crippen LogP contribution in [-0.4, -0.2) is 50.4 Å². The quantitative estimate of drug-likeness (QED) is 0.802. The number of thioether (sulfide) groups is 3. The maximum Gasteiger partial charge on any atom is 0.329 e. The van der Waals surface area contributed by atoms with E-state index in [4.69, 9.17) is 5.11 Å². The number of aliphatic carboxylic acids is 1. The van der Waals surface area contributed by atoms with E-state index in [1.165, 1.54) is 5.75 Å². The van der Waals surface area contributed by atoms with Gasteiger partial charge >= 0.3 is 5.97 Å². The molecule has 2 aliphatic rings. The molecule has 0 amide bonds. The first kappa shape index (κ1) is 10.7. The number of hydrogen-bond acceptors (Lipinski definition) is 5. The lowest BCUT2D eigenvalue weighted by molar-refractivity contribution is -0.137. The summed E-state index contributed by atoms with van der Waals surface area (Å²) in [6.45, 7) is 0. The summed E-state index contributed by atoms with van der Waals surface area (Å²) in [7, 11) is 0. The molecule has 0 bridgehead atoms. The van der Waals surface area contributed by atoms with Gasteiger partial charge in [-0.15, -0.1) is 23.5 Å². The van der Waals surface area contributed by atoms with Crippen LogP contribution in [0.15, 0.2) is 4.99 Å². The lowest BCUT2D eigenvalue weighted by Gasteiger charge is -2.20. The minimum atomic E-state index is -0.791. The molecule has 2 heterocycles. The number of rotatable bonds is 2. The number of nitrogens with zero attached hydrogens (tertiary/aromatic N) is 1. The van der Waals surface area contributed by atoms with Gasteiger partial charge in [-0.05, 0) is 0 Å². The van der Waals surface area contributed by atoms with Crippen LogP contribution in [0.3, 0.4) is 0 Å². The number of hydrogen-bond donors (Lipinski definition) is 1. The van der Waals surface area contributed by atoms with Crippen LogP contribution < -0.4 is 0 Å². The van der Waals surface area contributed by atoms with E-state index in [0.717, 1.165) is 16.5 Å². The van der Waals surface area contributed by atoms with Crippen molar-refractivity contribution >= 4 is 46.3 Å². The molecule has 0 aromatic carbocycles. The van der Waals surface area contributed by atoms with Crippen LogP contribution in [0.5, 0.6) is 0 Å².